The van der Waals surface area contributed by atoms with Crippen molar-refractivity contribution in [2.24, 2.45) is 10.2 Å². The second kappa shape index (κ2) is 26.8. The maximum Gasteiger partial charge on any atom is 0.343 e. The highest BCUT2D eigenvalue weighted by Gasteiger charge is 2.15. The first-order chi connectivity index (χ1) is 30.2. The Kier molecular flexibility index (Phi) is 20.5. The first-order valence-corrected chi connectivity index (χ1v) is 20.1. The van der Waals surface area contributed by atoms with Crippen molar-refractivity contribution in [3.63, 3.8) is 0 Å². The van der Waals surface area contributed by atoms with E-state index in [1.165, 1.54) is 26.6 Å². The summed E-state index contributed by atoms with van der Waals surface area (Å²) in [6.45, 7) is 8.50. The van der Waals surface area contributed by atoms with E-state index in [0.29, 0.717) is 71.7 Å². The number of carbonyl (C=O) groups is 4. The fourth-order valence-corrected chi connectivity index (χ4v) is 5.54. The van der Waals surface area contributed by atoms with E-state index >= 15 is 0 Å². The number of nitrogens with zero attached hydrogens (tertiary/aromatic N) is 2. The average molecular weight is 849 g/mol. The SMILES string of the molecule is C=CC(=O)OCCCCCCOc1ccc(C(=O)Oc2ccc(OC)cc2/C=N/N=C/c2cc(OC)ccc2OC(=O)c2ccc(OCCCCCCOC(=O)C=C)cc2)cc1. The first-order valence-electron chi connectivity index (χ1n) is 20.1. The summed E-state index contributed by atoms with van der Waals surface area (Å²) < 4.78 is 43.8. The third-order valence-electron chi connectivity index (χ3n) is 8.92. The van der Waals surface area contributed by atoms with E-state index in [-0.39, 0.29) is 11.5 Å². The molecule has 14 nitrogen and oxygen atoms in total. The van der Waals surface area contributed by atoms with Crippen LogP contribution in [0, 0.1) is 0 Å². The molecule has 4 aromatic carbocycles. The van der Waals surface area contributed by atoms with E-state index in [9.17, 15) is 19.2 Å². The van der Waals surface area contributed by atoms with Gasteiger partial charge in [0.15, 0.2) is 0 Å². The van der Waals surface area contributed by atoms with Crippen molar-refractivity contribution in [1.82, 2.24) is 0 Å². The van der Waals surface area contributed by atoms with Gasteiger partial charge < -0.3 is 37.9 Å². The Morgan fingerprint density at radius 3 is 1.19 bits per heavy atom. The van der Waals surface area contributed by atoms with Gasteiger partial charge >= 0.3 is 23.9 Å². The second-order valence-corrected chi connectivity index (χ2v) is 13.4. The summed E-state index contributed by atoms with van der Waals surface area (Å²) >= 11 is 0. The molecule has 0 radical (unpaired) electrons. The molecule has 0 spiro atoms. The topological polar surface area (TPSA) is 167 Å². The number of ether oxygens (including phenoxy) is 8. The molecule has 0 amide bonds. The van der Waals surface area contributed by atoms with Gasteiger partial charge in [0.05, 0.1) is 64.2 Å². The minimum Gasteiger partial charge on any atom is -0.497 e. The van der Waals surface area contributed by atoms with E-state index in [2.05, 4.69) is 23.4 Å². The number of rotatable bonds is 27. The number of esters is 4. The number of unbranched alkanes of at least 4 members (excludes halogenated alkanes) is 6. The third kappa shape index (κ3) is 16.8. The van der Waals surface area contributed by atoms with Crippen molar-refractivity contribution < 1.29 is 57.1 Å². The third-order valence-corrected chi connectivity index (χ3v) is 8.92. The zero-order chi connectivity index (χ0) is 44.4. The lowest BCUT2D eigenvalue weighted by atomic mass is 10.2. The predicted octanol–water partition coefficient (Wildman–Crippen LogP) is 8.93. The van der Waals surface area contributed by atoms with E-state index in [1.54, 1.807) is 84.9 Å². The highest BCUT2D eigenvalue weighted by molar-refractivity contribution is 5.95. The second-order valence-electron chi connectivity index (χ2n) is 13.4. The number of hydrogen-bond donors (Lipinski definition) is 0. The summed E-state index contributed by atoms with van der Waals surface area (Å²) in [4.78, 5) is 48.5. The van der Waals surface area contributed by atoms with Gasteiger partial charge in [0.1, 0.15) is 34.5 Å². The standard InChI is InChI=1S/C48H52N2O12/c1-5-45(51)59-29-13-9-7-11-27-57-39-19-15-35(16-20-39)47(53)61-43-25-23-41(55-3)31-37(43)33-49-50-34-38-32-42(56-4)24-26-44(38)62-48(54)36-17-21-40(22-18-36)58-28-12-8-10-14-30-60-46(52)6-2/h5-6,15-26,31-34H,1-2,7-14,27-30H2,3-4H3/b49-33+,50-34+. The molecule has 0 heterocycles. The molecule has 0 saturated carbocycles. The molecule has 0 fully saturated rings. The summed E-state index contributed by atoms with van der Waals surface area (Å²) in [7, 11) is 3.03. The summed E-state index contributed by atoms with van der Waals surface area (Å²) in [6.07, 6.45) is 12.0. The normalized spacial score (nSPS) is 10.8. The zero-order valence-corrected chi connectivity index (χ0v) is 35.1. The van der Waals surface area contributed by atoms with Crippen LogP contribution in [0.15, 0.2) is 120 Å². The zero-order valence-electron chi connectivity index (χ0n) is 35.1. The molecular weight excluding hydrogens is 797 g/mol. The summed E-state index contributed by atoms with van der Waals surface area (Å²) in [5.41, 5.74) is 1.47. The Morgan fingerprint density at radius 2 is 0.839 bits per heavy atom. The monoisotopic (exact) mass is 848 g/mol. The van der Waals surface area contributed by atoms with Crippen LogP contribution in [0.4, 0.5) is 0 Å². The van der Waals surface area contributed by atoms with Gasteiger partial charge in [-0.25, -0.2) is 19.2 Å². The van der Waals surface area contributed by atoms with Gasteiger partial charge in [-0.2, -0.15) is 10.2 Å². The minimum absolute atomic E-state index is 0.224. The van der Waals surface area contributed by atoms with Gasteiger partial charge in [-0.05, 0) is 136 Å². The highest BCUT2D eigenvalue weighted by Crippen LogP contribution is 2.26. The predicted molar refractivity (Wildman–Crippen MR) is 234 cm³/mol. The number of carbonyl (C=O) groups excluding carboxylic acids is 4. The fourth-order valence-electron chi connectivity index (χ4n) is 5.54. The van der Waals surface area contributed by atoms with E-state index in [1.807, 2.05) is 0 Å². The Balaban J connectivity index is 1.30. The molecule has 0 aliphatic carbocycles. The van der Waals surface area contributed by atoms with Crippen LogP contribution < -0.4 is 28.4 Å². The summed E-state index contributed by atoms with van der Waals surface area (Å²) in [6, 6.07) is 23.1. The van der Waals surface area contributed by atoms with Crippen molar-refractivity contribution in [3.8, 4) is 34.5 Å². The van der Waals surface area contributed by atoms with Crippen molar-refractivity contribution in [1.29, 1.82) is 0 Å². The van der Waals surface area contributed by atoms with E-state index in [4.69, 9.17) is 37.9 Å². The average Bonchev–Trinajstić information content (AvgIpc) is 3.30. The van der Waals surface area contributed by atoms with Gasteiger partial charge in [-0.15, -0.1) is 0 Å². The summed E-state index contributed by atoms with van der Waals surface area (Å²) in [5, 5.41) is 8.35. The molecule has 0 N–H and O–H groups in total. The Labute approximate surface area is 361 Å². The molecule has 0 bridgehead atoms. The van der Waals surface area contributed by atoms with Crippen LogP contribution in [0.2, 0.25) is 0 Å². The molecule has 0 aliphatic rings. The van der Waals surface area contributed by atoms with E-state index in [0.717, 1.165) is 63.5 Å². The van der Waals surface area contributed by atoms with Crippen molar-refractivity contribution in [3.05, 3.63) is 132 Å². The van der Waals surface area contributed by atoms with Crippen molar-refractivity contribution in [2.75, 3.05) is 40.6 Å². The number of benzene rings is 4. The quantitative estimate of drug-likeness (QED) is 0.0140. The minimum atomic E-state index is -0.587. The molecule has 0 aliphatic heterocycles. The molecule has 4 rings (SSSR count). The first kappa shape index (κ1) is 47.5. The van der Waals surface area contributed by atoms with Gasteiger partial charge in [-0.3, -0.25) is 0 Å². The van der Waals surface area contributed by atoms with Crippen LogP contribution in [0.25, 0.3) is 0 Å². The van der Waals surface area contributed by atoms with Crippen LogP contribution in [0.1, 0.15) is 83.2 Å². The molecule has 0 unspecified atom stereocenters. The highest BCUT2D eigenvalue weighted by atomic mass is 16.5. The maximum atomic E-state index is 13.1. The lowest BCUT2D eigenvalue weighted by Crippen LogP contribution is -2.10. The molecule has 14 heteroatoms. The molecular formula is C48H52N2O12. The fraction of sp³-hybridized carbons (Fsp3) is 0.292. The number of methoxy groups -OCH3 is 2. The van der Waals surface area contributed by atoms with Crippen LogP contribution in [-0.4, -0.2) is 77.0 Å². The van der Waals surface area contributed by atoms with Gasteiger partial charge in [0.2, 0.25) is 0 Å². The van der Waals surface area contributed by atoms with Crippen LogP contribution in [0.5, 0.6) is 34.5 Å². The Bertz CT molecular complexity index is 1990. The Hall–Kier alpha value is -7.22. The van der Waals surface area contributed by atoms with Crippen LogP contribution in [-0.2, 0) is 19.1 Å². The van der Waals surface area contributed by atoms with Gasteiger partial charge in [-0.1, -0.05) is 13.2 Å². The van der Waals surface area contributed by atoms with Crippen LogP contribution in [0.3, 0.4) is 0 Å². The smallest absolute Gasteiger partial charge is 0.343 e. The summed E-state index contributed by atoms with van der Waals surface area (Å²) in [5.74, 6) is 0.690. The molecule has 0 aromatic heterocycles. The lowest BCUT2D eigenvalue weighted by Gasteiger charge is -2.10. The molecule has 326 valence electrons. The molecule has 0 saturated heterocycles. The number of hydrogen-bond acceptors (Lipinski definition) is 14. The largest absolute Gasteiger partial charge is 0.497 e. The molecule has 4 aromatic rings. The maximum absolute atomic E-state index is 13.1. The molecule has 62 heavy (non-hydrogen) atoms. The van der Waals surface area contributed by atoms with E-state index < -0.39 is 23.9 Å². The van der Waals surface area contributed by atoms with Gasteiger partial charge in [0, 0.05) is 23.3 Å². The molecule has 0 atom stereocenters. The lowest BCUT2D eigenvalue weighted by molar-refractivity contribution is -0.138. The van der Waals surface area contributed by atoms with Crippen LogP contribution >= 0.6 is 0 Å². The van der Waals surface area contributed by atoms with Crippen molar-refractivity contribution in [2.45, 2.75) is 51.4 Å². The van der Waals surface area contributed by atoms with Crippen molar-refractivity contribution >= 4 is 36.3 Å². The Morgan fingerprint density at radius 1 is 0.484 bits per heavy atom. The van der Waals surface area contributed by atoms with Gasteiger partial charge in [0.25, 0.3) is 0 Å².